The van der Waals surface area contributed by atoms with Crippen LogP contribution in [0.25, 0.3) is 5.69 Å². The first kappa shape index (κ1) is 22.0. The normalized spacial score (nSPS) is 11.0. The summed E-state index contributed by atoms with van der Waals surface area (Å²) in [6.45, 7) is 0.252. The maximum atomic E-state index is 12.4. The molecule has 0 saturated carbocycles. The number of nitrogens with zero attached hydrogens (tertiary/aromatic N) is 3. The van der Waals surface area contributed by atoms with Gasteiger partial charge in [-0.1, -0.05) is 0 Å². The number of carbonyl (C=O) groups excluding carboxylic acids is 1. The number of benzene rings is 2. The van der Waals surface area contributed by atoms with Crippen molar-refractivity contribution in [2.45, 2.75) is 17.9 Å². The van der Waals surface area contributed by atoms with Gasteiger partial charge in [0.05, 0.1) is 36.0 Å². The second-order valence-electron chi connectivity index (χ2n) is 6.46. The fraction of sp³-hybridized carbons (Fsp3) is 0.190. The molecule has 2 N–H and O–H groups in total. The fourth-order valence-electron chi connectivity index (χ4n) is 2.72. The van der Waals surface area contributed by atoms with Crippen LogP contribution in [0.1, 0.15) is 22.5 Å². The molecular weight excluding hydrogens is 418 g/mol. The van der Waals surface area contributed by atoms with E-state index in [1.165, 1.54) is 24.3 Å². The summed E-state index contributed by atoms with van der Waals surface area (Å²) >= 11 is 0. The molecule has 2 aromatic carbocycles. The number of rotatable bonds is 9. The molecule has 0 saturated heterocycles. The van der Waals surface area contributed by atoms with Crippen LogP contribution in [-0.2, 0) is 16.6 Å². The predicted molar refractivity (Wildman–Crippen MR) is 113 cm³/mol. The van der Waals surface area contributed by atoms with Gasteiger partial charge >= 0.3 is 0 Å². The van der Waals surface area contributed by atoms with E-state index in [2.05, 4.69) is 15.1 Å². The van der Waals surface area contributed by atoms with Crippen LogP contribution in [0.5, 0.6) is 5.75 Å². The smallest absolute Gasteiger partial charge is 0.251 e. The van der Waals surface area contributed by atoms with E-state index in [9.17, 15) is 13.2 Å². The zero-order chi connectivity index (χ0) is 22.3. The maximum absolute atomic E-state index is 12.4. The Morgan fingerprint density at radius 3 is 2.48 bits per heavy atom. The Morgan fingerprint density at radius 2 is 1.84 bits per heavy atom. The second-order valence-corrected chi connectivity index (χ2v) is 8.23. The van der Waals surface area contributed by atoms with Crippen LogP contribution in [0.15, 0.2) is 65.7 Å². The van der Waals surface area contributed by atoms with Crippen molar-refractivity contribution < 1.29 is 17.9 Å². The van der Waals surface area contributed by atoms with Crippen molar-refractivity contribution in [3.63, 3.8) is 0 Å². The van der Waals surface area contributed by atoms with Crippen molar-refractivity contribution in [1.29, 1.82) is 5.26 Å². The van der Waals surface area contributed by atoms with Gasteiger partial charge in [-0.2, -0.15) is 10.4 Å². The van der Waals surface area contributed by atoms with Crippen molar-refractivity contribution in [3.05, 3.63) is 72.1 Å². The molecule has 0 aliphatic carbocycles. The number of carbonyl (C=O) groups is 1. The third-order valence-corrected chi connectivity index (χ3v) is 5.84. The van der Waals surface area contributed by atoms with Crippen molar-refractivity contribution in [2.24, 2.45) is 0 Å². The Morgan fingerprint density at radius 1 is 1.13 bits per heavy atom. The van der Waals surface area contributed by atoms with E-state index >= 15 is 0 Å². The van der Waals surface area contributed by atoms with E-state index in [0.717, 1.165) is 11.4 Å². The summed E-state index contributed by atoms with van der Waals surface area (Å²) in [6, 6.07) is 16.7. The molecule has 0 fully saturated rings. The largest absolute Gasteiger partial charge is 0.497 e. The van der Waals surface area contributed by atoms with E-state index in [4.69, 9.17) is 10.00 Å². The van der Waals surface area contributed by atoms with E-state index in [0.29, 0.717) is 11.3 Å². The number of ether oxygens (including phenoxy) is 1. The number of nitriles is 1. The summed E-state index contributed by atoms with van der Waals surface area (Å²) in [5.41, 5.74) is 1.86. The Balaban J connectivity index is 1.58. The molecule has 0 atom stereocenters. The van der Waals surface area contributed by atoms with Crippen LogP contribution >= 0.6 is 0 Å². The van der Waals surface area contributed by atoms with E-state index in [1.54, 1.807) is 24.1 Å². The van der Waals surface area contributed by atoms with Gasteiger partial charge in [-0.15, -0.1) is 0 Å². The molecular formula is C21H21N5O4S. The molecule has 9 nitrogen and oxygen atoms in total. The molecule has 1 amide bonds. The monoisotopic (exact) mass is 439 g/mol. The molecule has 160 valence electrons. The lowest BCUT2D eigenvalue weighted by molar-refractivity contribution is 0.0950. The van der Waals surface area contributed by atoms with Crippen LogP contribution < -0.4 is 14.8 Å². The molecule has 1 heterocycles. The van der Waals surface area contributed by atoms with Gasteiger partial charge in [0.2, 0.25) is 10.0 Å². The highest BCUT2D eigenvalue weighted by Gasteiger charge is 2.14. The first-order valence-corrected chi connectivity index (χ1v) is 10.8. The fourth-order valence-corrected chi connectivity index (χ4v) is 3.75. The molecule has 3 aromatic rings. The van der Waals surface area contributed by atoms with E-state index < -0.39 is 10.0 Å². The molecule has 0 unspecified atom stereocenters. The lowest BCUT2D eigenvalue weighted by Gasteiger charge is -2.07. The molecule has 10 heteroatoms. The highest BCUT2D eigenvalue weighted by molar-refractivity contribution is 7.89. The number of hydrogen-bond donors (Lipinski definition) is 2. The Hall–Kier alpha value is -3.68. The van der Waals surface area contributed by atoms with Gasteiger partial charge in [-0.05, 0) is 54.6 Å². The van der Waals surface area contributed by atoms with Crippen molar-refractivity contribution in [3.8, 4) is 17.5 Å². The van der Waals surface area contributed by atoms with Crippen molar-refractivity contribution in [2.75, 3.05) is 13.7 Å². The quantitative estimate of drug-likeness (QED) is 0.491. The molecule has 0 spiro atoms. The summed E-state index contributed by atoms with van der Waals surface area (Å²) in [5.74, 6) is 0.403. The lowest BCUT2D eigenvalue weighted by atomic mass is 10.2. The Kier molecular flexibility index (Phi) is 7.02. The van der Waals surface area contributed by atoms with Gasteiger partial charge in [-0.25, -0.2) is 17.8 Å². The van der Waals surface area contributed by atoms with Gasteiger partial charge in [0.25, 0.3) is 5.91 Å². The number of amides is 1. The average molecular weight is 439 g/mol. The van der Waals surface area contributed by atoms with Crippen LogP contribution in [0, 0.1) is 11.3 Å². The molecule has 31 heavy (non-hydrogen) atoms. The average Bonchev–Trinajstić information content (AvgIpc) is 3.27. The first-order valence-electron chi connectivity index (χ1n) is 9.37. The first-order chi connectivity index (χ1) is 14.9. The molecule has 3 rings (SSSR count). The van der Waals surface area contributed by atoms with Gasteiger partial charge in [0, 0.05) is 24.7 Å². The van der Waals surface area contributed by atoms with E-state index in [-0.39, 0.29) is 30.3 Å². The molecule has 0 radical (unpaired) electrons. The third kappa shape index (κ3) is 5.69. The lowest BCUT2D eigenvalue weighted by Crippen LogP contribution is -2.25. The minimum atomic E-state index is -3.71. The van der Waals surface area contributed by atoms with Crippen LogP contribution in [0.4, 0.5) is 0 Å². The summed E-state index contributed by atoms with van der Waals surface area (Å²) < 4.78 is 33.4. The topological polar surface area (TPSA) is 126 Å². The summed E-state index contributed by atoms with van der Waals surface area (Å²) in [4.78, 5) is 12.4. The van der Waals surface area contributed by atoms with Gasteiger partial charge < -0.3 is 10.1 Å². The zero-order valence-corrected chi connectivity index (χ0v) is 17.6. The van der Waals surface area contributed by atoms with Gasteiger partial charge in [0.15, 0.2) is 0 Å². The standard InChI is InChI=1S/C21H21N5O4S/c1-30-19-7-5-18(6-8-19)26-14-11-17(25-26)15-23-21(27)16-3-9-20(10-4-16)31(28,29)24-13-2-12-22/h3-11,14,24H,2,13,15H2,1H3,(H,23,27). The highest BCUT2D eigenvalue weighted by Crippen LogP contribution is 2.15. The molecule has 1 aromatic heterocycles. The van der Waals surface area contributed by atoms with E-state index in [1.807, 2.05) is 30.3 Å². The number of aromatic nitrogens is 2. The zero-order valence-electron chi connectivity index (χ0n) is 16.8. The molecule has 0 aliphatic rings. The number of nitrogens with one attached hydrogen (secondary N) is 2. The molecule has 0 aliphatic heterocycles. The minimum Gasteiger partial charge on any atom is -0.497 e. The summed E-state index contributed by atoms with van der Waals surface area (Å²) in [5, 5.41) is 15.7. The van der Waals surface area contributed by atoms with Crippen LogP contribution in [0.2, 0.25) is 0 Å². The number of methoxy groups -OCH3 is 1. The number of sulfonamides is 1. The SMILES string of the molecule is COc1ccc(-n2ccc(CNC(=O)c3ccc(S(=O)(=O)NCCC#N)cc3)n2)cc1. The van der Waals surface area contributed by atoms with Crippen molar-refractivity contribution in [1.82, 2.24) is 19.8 Å². The Bertz CT molecular complexity index is 1180. The highest BCUT2D eigenvalue weighted by atomic mass is 32.2. The predicted octanol–water partition coefficient (Wildman–Crippen LogP) is 2.00. The van der Waals surface area contributed by atoms with Crippen LogP contribution in [0.3, 0.4) is 0 Å². The summed E-state index contributed by atoms with van der Waals surface area (Å²) in [6.07, 6.45) is 1.87. The summed E-state index contributed by atoms with van der Waals surface area (Å²) in [7, 11) is -2.11. The van der Waals surface area contributed by atoms with Crippen molar-refractivity contribution >= 4 is 15.9 Å². The van der Waals surface area contributed by atoms with Gasteiger partial charge in [-0.3, -0.25) is 4.79 Å². The maximum Gasteiger partial charge on any atom is 0.251 e. The number of hydrogen-bond acceptors (Lipinski definition) is 6. The Labute approximate surface area is 180 Å². The minimum absolute atomic E-state index is 0.0280. The van der Waals surface area contributed by atoms with Gasteiger partial charge in [0.1, 0.15) is 5.75 Å². The van der Waals surface area contributed by atoms with Crippen LogP contribution in [-0.4, -0.2) is 37.8 Å². The third-order valence-electron chi connectivity index (χ3n) is 4.37. The molecule has 0 bridgehead atoms. The second kappa shape index (κ2) is 9.88.